The summed E-state index contributed by atoms with van der Waals surface area (Å²) in [5.41, 5.74) is 0.0480. The van der Waals surface area contributed by atoms with Crippen molar-refractivity contribution >= 4 is 13.8 Å². The molecule has 1 unspecified atom stereocenters. The fourth-order valence-electron chi connectivity index (χ4n) is 1.76. The second-order valence-corrected chi connectivity index (χ2v) is 6.85. The molecule has 0 amide bonds. The zero-order valence-electron chi connectivity index (χ0n) is 13.9. The Morgan fingerprint density at radius 1 is 1.09 bits per heavy atom. The molecule has 0 fully saturated rings. The Morgan fingerprint density at radius 2 is 1.57 bits per heavy atom. The molecule has 0 heterocycles. The number of carbonyl (C=O) groups excluding carboxylic acids is 1. The molecule has 0 aliphatic carbocycles. The third kappa shape index (κ3) is 5.41. The minimum absolute atomic E-state index is 0.0480. The van der Waals surface area contributed by atoms with E-state index >= 15 is 0 Å². The molecular weight excluding hydrogens is 323 g/mol. The molecule has 0 aromatic heterocycles. The first kappa shape index (κ1) is 19.8. The Labute approximate surface area is 136 Å². The molecule has 0 aliphatic rings. The zero-order valence-corrected chi connectivity index (χ0v) is 14.8. The van der Waals surface area contributed by atoms with Gasteiger partial charge in [0.1, 0.15) is 0 Å². The number of phosphoric ester groups is 1. The number of hydrogen-bond acceptors (Lipinski definition) is 7. The van der Waals surface area contributed by atoms with Gasteiger partial charge in [0, 0.05) is 5.56 Å². The van der Waals surface area contributed by atoms with Crippen molar-refractivity contribution in [1.82, 2.24) is 0 Å². The summed E-state index contributed by atoms with van der Waals surface area (Å²) in [6, 6.07) is 7.74. The number of methoxy groups -OCH3 is 1. The molecule has 7 nitrogen and oxygen atoms in total. The van der Waals surface area contributed by atoms with Gasteiger partial charge in [0.15, 0.2) is 0 Å². The summed E-state index contributed by atoms with van der Waals surface area (Å²) >= 11 is 0. The van der Waals surface area contributed by atoms with Crippen molar-refractivity contribution in [3.05, 3.63) is 35.9 Å². The molecule has 0 saturated carbocycles. The molecule has 1 aromatic rings. The molecule has 0 aliphatic heterocycles. The molecule has 0 saturated heterocycles. The van der Waals surface area contributed by atoms with Gasteiger partial charge in [-0.1, -0.05) is 30.3 Å². The van der Waals surface area contributed by atoms with Gasteiger partial charge in [0.2, 0.25) is 0 Å². The summed E-state index contributed by atoms with van der Waals surface area (Å²) in [7, 11) is -3.16. The van der Waals surface area contributed by atoms with Crippen LogP contribution in [-0.4, -0.2) is 30.4 Å². The van der Waals surface area contributed by atoms with Gasteiger partial charge < -0.3 is 9.84 Å². The summed E-state index contributed by atoms with van der Waals surface area (Å²) < 4.78 is 33.0. The summed E-state index contributed by atoms with van der Waals surface area (Å²) in [4.78, 5) is 12.1. The van der Waals surface area contributed by atoms with Crippen LogP contribution in [0.2, 0.25) is 0 Å². The van der Waals surface area contributed by atoms with Crippen LogP contribution in [0.3, 0.4) is 0 Å². The smallest absolute Gasteiger partial charge is 0.465 e. The third-order valence-electron chi connectivity index (χ3n) is 2.55. The molecule has 0 bridgehead atoms. The Kier molecular flexibility index (Phi) is 6.92. The van der Waals surface area contributed by atoms with Crippen LogP contribution in [-0.2, 0) is 33.5 Å². The number of hydrogen-bond donors (Lipinski definition) is 1. The molecule has 1 aromatic carbocycles. The number of benzene rings is 1. The lowest BCUT2D eigenvalue weighted by molar-refractivity contribution is -0.208. The van der Waals surface area contributed by atoms with Gasteiger partial charge in [-0.25, -0.2) is 13.9 Å². The minimum atomic E-state index is -4.24. The van der Waals surface area contributed by atoms with Crippen molar-refractivity contribution < 1.29 is 32.8 Å². The van der Waals surface area contributed by atoms with Gasteiger partial charge in [-0.3, -0.25) is 9.05 Å². The molecule has 1 rings (SSSR count). The topological polar surface area (TPSA) is 91.3 Å². The SMILES string of the molecule is COC(=O)C(O)(OP(=O)(OC(C)C)OC(C)C)c1ccccc1. The Hall–Kier alpha value is -1.24. The van der Waals surface area contributed by atoms with Crippen LogP contribution in [0.4, 0.5) is 0 Å². The highest BCUT2D eigenvalue weighted by Crippen LogP contribution is 2.56. The number of phosphoric acid groups is 1. The van der Waals surface area contributed by atoms with Crippen LogP contribution >= 0.6 is 7.82 Å². The summed E-state index contributed by atoms with van der Waals surface area (Å²) in [6.07, 6.45) is -1.03. The maximum absolute atomic E-state index is 12.8. The predicted octanol–water partition coefficient (Wildman–Crippen LogP) is 2.98. The molecule has 8 heteroatoms. The first-order valence-electron chi connectivity index (χ1n) is 7.17. The number of rotatable bonds is 8. The Morgan fingerprint density at radius 3 is 1.96 bits per heavy atom. The maximum Gasteiger partial charge on any atom is 0.478 e. The summed E-state index contributed by atoms with van der Waals surface area (Å²) in [5, 5.41) is 10.7. The highest BCUT2D eigenvalue weighted by molar-refractivity contribution is 7.48. The van der Waals surface area contributed by atoms with Crippen molar-refractivity contribution in [2.75, 3.05) is 7.11 Å². The number of aliphatic hydroxyl groups is 1. The Balaban J connectivity index is 3.26. The average molecular weight is 346 g/mol. The number of esters is 1. The monoisotopic (exact) mass is 346 g/mol. The molecule has 130 valence electrons. The highest BCUT2D eigenvalue weighted by atomic mass is 31.2. The van der Waals surface area contributed by atoms with E-state index in [0.29, 0.717) is 0 Å². The first-order valence-corrected chi connectivity index (χ1v) is 8.63. The van der Waals surface area contributed by atoms with Crippen LogP contribution in [0.25, 0.3) is 0 Å². The fraction of sp³-hybridized carbons (Fsp3) is 0.533. The quantitative estimate of drug-likeness (QED) is 0.439. The normalized spacial score (nSPS) is 14.8. The van der Waals surface area contributed by atoms with Crippen LogP contribution in [0.1, 0.15) is 33.3 Å². The lowest BCUT2D eigenvalue weighted by Crippen LogP contribution is -2.39. The highest BCUT2D eigenvalue weighted by Gasteiger charge is 2.49. The molecular formula is C15H23O7P. The van der Waals surface area contributed by atoms with Gasteiger partial charge in [-0.05, 0) is 27.7 Å². The Bertz CT molecular complexity index is 544. The van der Waals surface area contributed by atoms with Gasteiger partial charge in [-0.15, -0.1) is 0 Å². The minimum Gasteiger partial charge on any atom is -0.465 e. The van der Waals surface area contributed by atoms with Gasteiger partial charge in [0.25, 0.3) is 0 Å². The van der Waals surface area contributed by atoms with E-state index in [1.54, 1.807) is 45.9 Å². The second-order valence-electron chi connectivity index (χ2n) is 5.35. The lowest BCUT2D eigenvalue weighted by Gasteiger charge is -2.30. The van der Waals surface area contributed by atoms with Crippen molar-refractivity contribution in [2.24, 2.45) is 0 Å². The fourth-order valence-corrected chi connectivity index (χ4v) is 3.43. The molecule has 1 N–H and O–H groups in total. The van der Waals surface area contributed by atoms with E-state index in [1.807, 2.05) is 0 Å². The zero-order chi connectivity index (χ0) is 17.7. The van der Waals surface area contributed by atoms with E-state index in [-0.39, 0.29) is 5.56 Å². The summed E-state index contributed by atoms with van der Waals surface area (Å²) in [6.45, 7) is 6.50. The van der Waals surface area contributed by atoms with E-state index in [1.165, 1.54) is 12.1 Å². The van der Waals surface area contributed by atoms with E-state index in [0.717, 1.165) is 7.11 Å². The van der Waals surface area contributed by atoms with Gasteiger partial charge in [-0.2, -0.15) is 0 Å². The molecule has 0 spiro atoms. The van der Waals surface area contributed by atoms with Crippen molar-refractivity contribution in [3.63, 3.8) is 0 Å². The van der Waals surface area contributed by atoms with E-state index in [4.69, 9.17) is 13.6 Å². The summed E-state index contributed by atoms with van der Waals surface area (Å²) in [5.74, 6) is -3.75. The third-order valence-corrected chi connectivity index (χ3v) is 4.40. The van der Waals surface area contributed by atoms with Crippen molar-refractivity contribution in [3.8, 4) is 0 Å². The molecule has 0 radical (unpaired) electrons. The van der Waals surface area contributed by atoms with Crippen LogP contribution in [0, 0.1) is 0 Å². The maximum atomic E-state index is 12.8. The van der Waals surface area contributed by atoms with E-state index < -0.39 is 31.8 Å². The van der Waals surface area contributed by atoms with Crippen molar-refractivity contribution in [1.29, 1.82) is 0 Å². The molecule has 23 heavy (non-hydrogen) atoms. The predicted molar refractivity (Wildman–Crippen MR) is 83.5 cm³/mol. The van der Waals surface area contributed by atoms with Crippen molar-refractivity contribution in [2.45, 2.75) is 45.7 Å². The number of carbonyl (C=O) groups is 1. The first-order chi connectivity index (χ1) is 10.6. The van der Waals surface area contributed by atoms with E-state index in [9.17, 15) is 14.5 Å². The average Bonchev–Trinajstić information content (AvgIpc) is 2.44. The molecule has 1 atom stereocenters. The largest absolute Gasteiger partial charge is 0.478 e. The van der Waals surface area contributed by atoms with Gasteiger partial charge in [0.05, 0.1) is 19.3 Å². The van der Waals surface area contributed by atoms with Crippen LogP contribution in [0.15, 0.2) is 30.3 Å². The second kappa shape index (κ2) is 8.04. The standard InChI is InChI=1S/C15H23O7P/c1-11(2)20-23(18,21-12(3)4)22-15(17,14(16)19-5)13-9-7-6-8-10-13/h6-12,17H,1-5H3. The number of ether oxygens (including phenoxy) is 1. The van der Waals surface area contributed by atoms with E-state index in [2.05, 4.69) is 4.74 Å². The van der Waals surface area contributed by atoms with Gasteiger partial charge >= 0.3 is 19.6 Å². The van der Waals surface area contributed by atoms with Crippen LogP contribution < -0.4 is 0 Å². The van der Waals surface area contributed by atoms with Crippen LogP contribution in [0.5, 0.6) is 0 Å². The lowest BCUT2D eigenvalue weighted by atomic mass is 10.1.